The smallest absolute Gasteiger partial charge is 0.300 e. The SMILES string of the molecule is Cc1cc(Cl)ccc1N1C(=O)C(=O)/C(=C(/O)c2ccc(F)cc2)C1c1cccnc1. The molecule has 0 spiro atoms. The van der Waals surface area contributed by atoms with E-state index in [0.717, 1.165) is 0 Å². The van der Waals surface area contributed by atoms with Crippen LogP contribution >= 0.6 is 11.6 Å². The van der Waals surface area contributed by atoms with E-state index in [4.69, 9.17) is 11.6 Å². The molecule has 0 bridgehead atoms. The number of benzene rings is 2. The molecule has 3 aromatic rings. The number of halogens is 2. The van der Waals surface area contributed by atoms with Crippen LogP contribution in [-0.4, -0.2) is 21.8 Å². The van der Waals surface area contributed by atoms with Gasteiger partial charge >= 0.3 is 0 Å². The Morgan fingerprint density at radius 1 is 1.13 bits per heavy atom. The molecule has 1 aromatic heterocycles. The van der Waals surface area contributed by atoms with E-state index in [0.29, 0.717) is 21.8 Å². The maximum atomic E-state index is 13.3. The van der Waals surface area contributed by atoms with Gasteiger partial charge in [0, 0.05) is 28.7 Å². The molecule has 1 atom stereocenters. The second-order valence-corrected chi connectivity index (χ2v) is 7.33. The summed E-state index contributed by atoms with van der Waals surface area (Å²) < 4.78 is 13.3. The Labute approximate surface area is 177 Å². The van der Waals surface area contributed by atoms with Crippen LogP contribution in [-0.2, 0) is 9.59 Å². The number of aliphatic hydroxyl groups is 1. The molecule has 30 heavy (non-hydrogen) atoms. The lowest BCUT2D eigenvalue weighted by molar-refractivity contribution is -0.132. The molecule has 0 radical (unpaired) electrons. The predicted octanol–water partition coefficient (Wildman–Crippen LogP) is 4.81. The Morgan fingerprint density at radius 3 is 2.50 bits per heavy atom. The zero-order valence-corrected chi connectivity index (χ0v) is 16.6. The number of aryl methyl sites for hydroxylation is 1. The van der Waals surface area contributed by atoms with Gasteiger partial charge in [-0.2, -0.15) is 0 Å². The Bertz CT molecular complexity index is 1180. The zero-order chi connectivity index (χ0) is 21.4. The van der Waals surface area contributed by atoms with Crippen LogP contribution in [0.3, 0.4) is 0 Å². The highest BCUT2D eigenvalue weighted by atomic mass is 35.5. The molecule has 1 unspecified atom stereocenters. The number of aromatic nitrogens is 1. The summed E-state index contributed by atoms with van der Waals surface area (Å²) >= 11 is 6.05. The summed E-state index contributed by atoms with van der Waals surface area (Å²) in [6.07, 6.45) is 3.11. The van der Waals surface area contributed by atoms with Gasteiger partial charge in [-0.05, 0) is 66.6 Å². The van der Waals surface area contributed by atoms with Gasteiger partial charge in [0.15, 0.2) is 0 Å². The first-order chi connectivity index (χ1) is 14.4. The lowest BCUT2D eigenvalue weighted by atomic mass is 9.96. The molecule has 2 heterocycles. The Hall–Kier alpha value is -3.51. The number of pyridine rings is 1. The van der Waals surface area contributed by atoms with E-state index in [1.807, 2.05) is 0 Å². The number of nitrogens with zero attached hydrogens (tertiary/aromatic N) is 2. The predicted molar refractivity (Wildman–Crippen MR) is 112 cm³/mol. The summed E-state index contributed by atoms with van der Waals surface area (Å²) in [5, 5.41) is 11.4. The number of carbonyl (C=O) groups excluding carboxylic acids is 2. The number of aliphatic hydroxyl groups excluding tert-OH is 1. The molecule has 0 saturated carbocycles. The lowest BCUT2D eigenvalue weighted by Crippen LogP contribution is -2.30. The molecule has 1 aliphatic rings. The van der Waals surface area contributed by atoms with Gasteiger partial charge in [-0.3, -0.25) is 19.5 Å². The van der Waals surface area contributed by atoms with E-state index in [2.05, 4.69) is 4.98 Å². The fourth-order valence-electron chi connectivity index (χ4n) is 3.59. The average Bonchev–Trinajstić information content (AvgIpc) is 3.00. The lowest BCUT2D eigenvalue weighted by Gasteiger charge is -2.26. The average molecular weight is 423 g/mol. The van der Waals surface area contributed by atoms with Gasteiger partial charge in [-0.1, -0.05) is 17.7 Å². The van der Waals surface area contributed by atoms with Gasteiger partial charge in [0.1, 0.15) is 11.6 Å². The van der Waals surface area contributed by atoms with Crippen LogP contribution in [0.5, 0.6) is 0 Å². The zero-order valence-electron chi connectivity index (χ0n) is 15.8. The van der Waals surface area contributed by atoms with Crippen molar-refractivity contribution in [2.24, 2.45) is 0 Å². The van der Waals surface area contributed by atoms with E-state index in [-0.39, 0.29) is 16.9 Å². The summed E-state index contributed by atoms with van der Waals surface area (Å²) in [5.74, 6) is -2.47. The molecule has 1 amide bonds. The number of anilines is 1. The molecule has 150 valence electrons. The summed E-state index contributed by atoms with van der Waals surface area (Å²) in [6.45, 7) is 1.78. The molecule has 7 heteroatoms. The van der Waals surface area contributed by atoms with Gasteiger partial charge in [0.25, 0.3) is 11.7 Å². The van der Waals surface area contributed by atoms with Gasteiger partial charge < -0.3 is 5.11 Å². The van der Waals surface area contributed by atoms with E-state index >= 15 is 0 Å². The molecule has 5 nitrogen and oxygen atoms in total. The molecule has 1 aliphatic heterocycles. The van der Waals surface area contributed by atoms with Crippen molar-refractivity contribution in [3.05, 3.63) is 100 Å². The first-order valence-electron chi connectivity index (χ1n) is 9.11. The number of hydrogen-bond acceptors (Lipinski definition) is 4. The normalized spacial score (nSPS) is 18.1. The molecule has 0 aliphatic carbocycles. The molecule has 1 saturated heterocycles. The van der Waals surface area contributed by atoms with Crippen LogP contribution in [0.25, 0.3) is 5.76 Å². The van der Waals surface area contributed by atoms with Crippen molar-refractivity contribution in [1.82, 2.24) is 4.98 Å². The fourth-order valence-corrected chi connectivity index (χ4v) is 3.81. The largest absolute Gasteiger partial charge is 0.507 e. The molecule has 1 N–H and O–H groups in total. The molecular formula is C23H16ClFN2O3. The van der Waals surface area contributed by atoms with Crippen LogP contribution in [0.15, 0.2) is 72.6 Å². The highest BCUT2D eigenvalue weighted by Gasteiger charge is 2.47. The minimum absolute atomic E-state index is 0.0889. The highest BCUT2D eigenvalue weighted by Crippen LogP contribution is 2.43. The summed E-state index contributed by atoms with van der Waals surface area (Å²) in [7, 11) is 0. The van der Waals surface area contributed by atoms with Crippen LogP contribution in [0.2, 0.25) is 5.02 Å². The number of Topliss-reactive ketones (excluding diaryl/α,β-unsaturated/α-hetero) is 1. The molecule has 2 aromatic carbocycles. The quantitative estimate of drug-likeness (QED) is 0.373. The first-order valence-corrected chi connectivity index (χ1v) is 9.49. The second-order valence-electron chi connectivity index (χ2n) is 6.89. The Kier molecular flexibility index (Phi) is 5.10. The highest BCUT2D eigenvalue weighted by molar-refractivity contribution is 6.51. The third-order valence-corrected chi connectivity index (χ3v) is 5.22. The van der Waals surface area contributed by atoms with Crippen molar-refractivity contribution in [3.63, 3.8) is 0 Å². The van der Waals surface area contributed by atoms with Crippen molar-refractivity contribution >= 4 is 34.7 Å². The minimum Gasteiger partial charge on any atom is -0.507 e. The number of carbonyl (C=O) groups is 2. The third-order valence-electron chi connectivity index (χ3n) is 4.98. The maximum absolute atomic E-state index is 13.3. The monoisotopic (exact) mass is 422 g/mol. The maximum Gasteiger partial charge on any atom is 0.300 e. The summed E-state index contributed by atoms with van der Waals surface area (Å²) in [5.41, 5.74) is 1.88. The Morgan fingerprint density at radius 2 is 1.87 bits per heavy atom. The van der Waals surface area contributed by atoms with Crippen molar-refractivity contribution in [2.45, 2.75) is 13.0 Å². The summed E-state index contributed by atoms with van der Waals surface area (Å²) in [6, 6.07) is 12.5. The first kappa shape index (κ1) is 19.8. The van der Waals surface area contributed by atoms with E-state index in [1.165, 1.54) is 35.4 Å². The van der Waals surface area contributed by atoms with E-state index in [9.17, 15) is 19.1 Å². The van der Waals surface area contributed by atoms with Crippen LogP contribution in [0, 0.1) is 12.7 Å². The third kappa shape index (κ3) is 3.35. The van der Waals surface area contributed by atoms with Gasteiger partial charge in [-0.25, -0.2) is 4.39 Å². The molecule has 1 fully saturated rings. The number of ketones is 1. The van der Waals surface area contributed by atoms with Crippen molar-refractivity contribution in [1.29, 1.82) is 0 Å². The van der Waals surface area contributed by atoms with Crippen molar-refractivity contribution in [3.8, 4) is 0 Å². The van der Waals surface area contributed by atoms with Crippen LogP contribution < -0.4 is 4.90 Å². The molecule has 4 rings (SSSR count). The van der Waals surface area contributed by atoms with Crippen LogP contribution in [0.4, 0.5) is 10.1 Å². The molecular weight excluding hydrogens is 407 g/mol. The summed E-state index contributed by atoms with van der Waals surface area (Å²) in [4.78, 5) is 31.5. The number of hydrogen-bond donors (Lipinski definition) is 1. The van der Waals surface area contributed by atoms with E-state index < -0.39 is 23.5 Å². The van der Waals surface area contributed by atoms with Crippen molar-refractivity contribution in [2.75, 3.05) is 4.90 Å². The fraction of sp³-hybridized carbons (Fsp3) is 0.0870. The van der Waals surface area contributed by atoms with Gasteiger partial charge in [0.2, 0.25) is 0 Å². The topological polar surface area (TPSA) is 70.5 Å². The van der Waals surface area contributed by atoms with Crippen molar-refractivity contribution < 1.29 is 19.1 Å². The standard InChI is InChI=1S/C23H16ClFN2O3/c1-13-11-16(24)6-9-18(13)27-20(15-3-2-10-26-12-15)19(22(29)23(27)30)21(28)14-4-7-17(25)8-5-14/h2-12,20,28H,1H3/b21-19+. The Balaban J connectivity index is 1.96. The number of amides is 1. The van der Waals surface area contributed by atoms with Gasteiger partial charge in [0.05, 0.1) is 11.6 Å². The van der Waals surface area contributed by atoms with Crippen LogP contribution in [0.1, 0.15) is 22.7 Å². The van der Waals surface area contributed by atoms with Gasteiger partial charge in [-0.15, -0.1) is 0 Å². The second kappa shape index (κ2) is 7.72. The van der Waals surface area contributed by atoms with E-state index in [1.54, 1.807) is 43.5 Å². The minimum atomic E-state index is -0.899. The number of rotatable bonds is 3.